The molecule has 1 aromatic carbocycles. The largest absolute Gasteiger partial charge is 0.490 e. The molecule has 0 spiro atoms. The van der Waals surface area contributed by atoms with Gasteiger partial charge in [0.15, 0.2) is 0 Å². The van der Waals surface area contributed by atoms with Gasteiger partial charge in [0, 0.05) is 5.56 Å². The second-order valence-electron chi connectivity index (χ2n) is 5.59. The summed E-state index contributed by atoms with van der Waals surface area (Å²) < 4.78 is 6.23. The van der Waals surface area contributed by atoms with Crippen molar-refractivity contribution in [3.63, 3.8) is 0 Å². The van der Waals surface area contributed by atoms with Crippen molar-refractivity contribution in [3.8, 4) is 17.6 Å². The summed E-state index contributed by atoms with van der Waals surface area (Å²) in [5.74, 6) is 7.68. The van der Waals surface area contributed by atoms with E-state index in [1.54, 1.807) is 0 Å². The van der Waals surface area contributed by atoms with Crippen molar-refractivity contribution in [1.82, 2.24) is 0 Å². The first kappa shape index (κ1) is 14.9. The highest BCUT2D eigenvalue weighted by atomic mass is 16.5. The highest BCUT2D eigenvalue weighted by Crippen LogP contribution is 2.31. The molecule has 108 valence electrons. The van der Waals surface area contributed by atoms with E-state index in [1.807, 2.05) is 12.1 Å². The van der Waals surface area contributed by atoms with Crippen LogP contribution in [0.2, 0.25) is 0 Å². The quantitative estimate of drug-likeness (QED) is 0.852. The number of ether oxygens (including phenoxy) is 1. The summed E-state index contributed by atoms with van der Waals surface area (Å²) in [6.07, 6.45) is 6.73. The molecule has 0 aromatic heterocycles. The molecule has 0 radical (unpaired) electrons. The van der Waals surface area contributed by atoms with Crippen molar-refractivity contribution in [2.75, 3.05) is 6.54 Å². The maximum Gasteiger partial charge on any atom is 0.120 e. The van der Waals surface area contributed by atoms with E-state index in [1.165, 1.54) is 32.1 Å². The van der Waals surface area contributed by atoms with E-state index < -0.39 is 0 Å². The molecule has 0 heterocycles. The second kappa shape index (κ2) is 7.36. The van der Waals surface area contributed by atoms with E-state index in [2.05, 4.69) is 31.8 Å². The SMILES string of the molecule is CCC1CCCCC1Oc1ccc(C#CCN)c(C)c1. The van der Waals surface area contributed by atoms with Gasteiger partial charge in [-0.15, -0.1) is 0 Å². The first-order valence-electron chi connectivity index (χ1n) is 7.70. The fraction of sp³-hybridized carbons (Fsp3) is 0.556. The van der Waals surface area contributed by atoms with Gasteiger partial charge in [0.05, 0.1) is 6.54 Å². The van der Waals surface area contributed by atoms with Crippen LogP contribution >= 0.6 is 0 Å². The average Bonchev–Trinajstić information content (AvgIpc) is 2.47. The minimum absolute atomic E-state index is 0.383. The molecule has 2 rings (SSSR count). The fourth-order valence-corrected chi connectivity index (χ4v) is 2.97. The Morgan fingerprint density at radius 3 is 2.80 bits per heavy atom. The first-order chi connectivity index (χ1) is 9.74. The molecule has 2 atom stereocenters. The van der Waals surface area contributed by atoms with Crippen LogP contribution in [0.25, 0.3) is 0 Å². The van der Waals surface area contributed by atoms with Crippen molar-refractivity contribution in [1.29, 1.82) is 0 Å². The standard InChI is InChI=1S/C18H25NO/c1-3-15-7-4-5-9-18(15)20-17-11-10-16(8-6-12-19)14(2)13-17/h10-11,13,15,18H,3-5,7,9,12,19H2,1-2H3. The number of aryl methyl sites for hydroxylation is 1. The molecule has 0 saturated heterocycles. The van der Waals surface area contributed by atoms with Crippen LogP contribution in [-0.2, 0) is 0 Å². The number of hydrogen-bond acceptors (Lipinski definition) is 2. The van der Waals surface area contributed by atoms with Crippen LogP contribution in [0, 0.1) is 24.7 Å². The molecule has 2 unspecified atom stereocenters. The number of benzene rings is 1. The Morgan fingerprint density at radius 1 is 1.30 bits per heavy atom. The lowest BCUT2D eigenvalue weighted by atomic mass is 9.85. The Bertz CT molecular complexity index is 498. The van der Waals surface area contributed by atoms with Crippen LogP contribution in [-0.4, -0.2) is 12.6 Å². The van der Waals surface area contributed by atoms with E-state index in [4.69, 9.17) is 10.5 Å². The summed E-state index contributed by atoms with van der Waals surface area (Å²) in [4.78, 5) is 0. The molecule has 0 bridgehead atoms. The van der Waals surface area contributed by atoms with Gasteiger partial charge in [0.25, 0.3) is 0 Å². The molecule has 1 aromatic rings. The van der Waals surface area contributed by atoms with Crippen LogP contribution in [0.15, 0.2) is 18.2 Å². The average molecular weight is 271 g/mol. The minimum Gasteiger partial charge on any atom is -0.490 e. The lowest BCUT2D eigenvalue weighted by molar-refractivity contribution is 0.0903. The first-order valence-corrected chi connectivity index (χ1v) is 7.70. The molecule has 2 nitrogen and oxygen atoms in total. The van der Waals surface area contributed by atoms with E-state index in [-0.39, 0.29) is 0 Å². The summed E-state index contributed by atoms with van der Waals surface area (Å²) in [6.45, 7) is 4.74. The summed E-state index contributed by atoms with van der Waals surface area (Å²) >= 11 is 0. The third-order valence-electron chi connectivity index (χ3n) is 4.17. The van der Waals surface area contributed by atoms with Crippen molar-refractivity contribution in [2.45, 2.75) is 52.1 Å². The Labute approximate surface area is 122 Å². The van der Waals surface area contributed by atoms with Crippen LogP contribution in [0.1, 0.15) is 50.2 Å². The molecule has 1 aliphatic carbocycles. The van der Waals surface area contributed by atoms with Crippen molar-refractivity contribution in [2.24, 2.45) is 11.7 Å². The third kappa shape index (κ3) is 3.77. The van der Waals surface area contributed by atoms with Crippen LogP contribution in [0.4, 0.5) is 0 Å². The second-order valence-corrected chi connectivity index (χ2v) is 5.59. The lowest BCUT2D eigenvalue weighted by Crippen LogP contribution is -2.29. The smallest absolute Gasteiger partial charge is 0.120 e. The molecule has 1 aliphatic rings. The Balaban J connectivity index is 2.07. The molecule has 0 amide bonds. The Kier molecular flexibility index (Phi) is 5.49. The molecule has 2 N–H and O–H groups in total. The summed E-state index contributed by atoms with van der Waals surface area (Å²) in [5.41, 5.74) is 7.61. The molecule has 20 heavy (non-hydrogen) atoms. The van der Waals surface area contributed by atoms with Gasteiger partial charge in [-0.1, -0.05) is 25.2 Å². The Morgan fingerprint density at radius 2 is 2.10 bits per heavy atom. The summed E-state index contributed by atoms with van der Waals surface area (Å²) in [5, 5.41) is 0. The monoisotopic (exact) mass is 271 g/mol. The van der Waals surface area contributed by atoms with Gasteiger partial charge in [-0.05, 0) is 62.3 Å². The predicted octanol–water partition coefficient (Wildman–Crippen LogP) is 3.65. The van der Waals surface area contributed by atoms with E-state index in [0.717, 1.165) is 16.9 Å². The zero-order valence-electron chi connectivity index (χ0n) is 12.6. The fourth-order valence-electron chi connectivity index (χ4n) is 2.97. The summed E-state index contributed by atoms with van der Waals surface area (Å²) in [6, 6.07) is 6.17. The zero-order valence-corrected chi connectivity index (χ0v) is 12.6. The highest BCUT2D eigenvalue weighted by molar-refractivity contribution is 5.44. The van der Waals surface area contributed by atoms with Crippen molar-refractivity contribution in [3.05, 3.63) is 29.3 Å². The topological polar surface area (TPSA) is 35.2 Å². The van der Waals surface area contributed by atoms with Gasteiger partial charge in [-0.3, -0.25) is 0 Å². The number of rotatable bonds is 3. The van der Waals surface area contributed by atoms with Crippen molar-refractivity contribution < 1.29 is 4.74 Å². The van der Waals surface area contributed by atoms with Crippen LogP contribution < -0.4 is 10.5 Å². The Hall–Kier alpha value is -1.46. The van der Waals surface area contributed by atoms with Crippen LogP contribution in [0.5, 0.6) is 5.75 Å². The van der Waals surface area contributed by atoms with E-state index in [9.17, 15) is 0 Å². The zero-order chi connectivity index (χ0) is 14.4. The maximum atomic E-state index is 6.23. The molecule has 0 aliphatic heterocycles. The number of nitrogens with two attached hydrogens (primary N) is 1. The van der Waals surface area contributed by atoms with E-state index in [0.29, 0.717) is 18.6 Å². The van der Waals surface area contributed by atoms with Crippen LogP contribution in [0.3, 0.4) is 0 Å². The lowest BCUT2D eigenvalue weighted by Gasteiger charge is -2.31. The molecule has 1 fully saturated rings. The predicted molar refractivity (Wildman–Crippen MR) is 83.8 cm³/mol. The minimum atomic E-state index is 0.383. The molecular formula is C18H25NO. The third-order valence-corrected chi connectivity index (χ3v) is 4.17. The van der Waals surface area contributed by atoms with Gasteiger partial charge in [-0.2, -0.15) is 0 Å². The maximum absolute atomic E-state index is 6.23. The molecular weight excluding hydrogens is 246 g/mol. The van der Waals surface area contributed by atoms with Gasteiger partial charge in [-0.25, -0.2) is 0 Å². The number of hydrogen-bond donors (Lipinski definition) is 1. The normalized spacial score (nSPS) is 21.9. The molecule has 2 heteroatoms. The van der Waals surface area contributed by atoms with Gasteiger partial charge in [0.1, 0.15) is 11.9 Å². The highest BCUT2D eigenvalue weighted by Gasteiger charge is 2.25. The van der Waals surface area contributed by atoms with Gasteiger partial charge >= 0.3 is 0 Å². The van der Waals surface area contributed by atoms with Crippen molar-refractivity contribution >= 4 is 0 Å². The van der Waals surface area contributed by atoms with Gasteiger partial charge in [0.2, 0.25) is 0 Å². The van der Waals surface area contributed by atoms with Gasteiger partial charge < -0.3 is 10.5 Å². The summed E-state index contributed by atoms with van der Waals surface area (Å²) in [7, 11) is 0. The molecule has 1 saturated carbocycles. The van der Waals surface area contributed by atoms with E-state index >= 15 is 0 Å².